The predicted octanol–water partition coefficient (Wildman–Crippen LogP) is 4.32. The average Bonchev–Trinajstić information content (AvgIpc) is 3.15. The van der Waals surface area contributed by atoms with E-state index in [1.54, 1.807) is 12.1 Å². The van der Waals surface area contributed by atoms with Gasteiger partial charge in [-0.15, -0.1) is 5.10 Å². The maximum Gasteiger partial charge on any atom is 0.267 e. The van der Waals surface area contributed by atoms with Gasteiger partial charge in [-0.3, -0.25) is 0 Å². The van der Waals surface area contributed by atoms with Crippen molar-refractivity contribution in [2.75, 3.05) is 11.1 Å². The third-order valence-corrected chi connectivity index (χ3v) is 7.23. The highest BCUT2D eigenvalue weighted by atomic mass is 35.5. The molecule has 1 aliphatic rings. The molecule has 0 amide bonds. The van der Waals surface area contributed by atoms with Crippen LogP contribution in [0.4, 0.5) is 11.6 Å². The fourth-order valence-corrected chi connectivity index (χ4v) is 5.44. The van der Waals surface area contributed by atoms with Gasteiger partial charge in [0.05, 0.1) is 15.8 Å². The van der Waals surface area contributed by atoms with E-state index >= 15 is 0 Å². The van der Waals surface area contributed by atoms with Crippen LogP contribution in [0.1, 0.15) is 19.3 Å². The van der Waals surface area contributed by atoms with Gasteiger partial charge in [-0.05, 0) is 48.2 Å². The summed E-state index contributed by atoms with van der Waals surface area (Å²) in [6.07, 6.45) is 2.79. The number of aromatic hydroxyl groups is 1. The molecule has 1 aromatic heterocycles. The number of sulfone groups is 1. The molecule has 2 aromatic carbocycles. The number of aromatic nitrogens is 4. The quantitative estimate of drug-likeness (QED) is 0.466. The Balaban J connectivity index is 1.58. The normalized spacial score (nSPS) is 14.3. The average molecular weight is 470 g/mol. The molecule has 12 heteroatoms. The summed E-state index contributed by atoms with van der Waals surface area (Å²) in [4.78, 5) is -0.172. The largest absolute Gasteiger partial charge is 0.507 e. The molecule has 4 rings (SSSR count). The first-order chi connectivity index (χ1) is 14.3. The van der Waals surface area contributed by atoms with Crippen molar-refractivity contribution in [1.29, 1.82) is 0 Å². The Kier molecular flexibility index (Phi) is 5.72. The number of anilines is 2. The van der Waals surface area contributed by atoms with Crippen LogP contribution in [0.15, 0.2) is 35.2 Å². The Morgan fingerprint density at radius 1 is 1.20 bits per heavy atom. The van der Waals surface area contributed by atoms with Gasteiger partial charge >= 0.3 is 0 Å². The van der Waals surface area contributed by atoms with Gasteiger partial charge in [0.2, 0.25) is 0 Å². The Bertz CT molecular complexity index is 1140. The summed E-state index contributed by atoms with van der Waals surface area (Å²) in [5.41, 5.74) is 0.508. The number of rotatable bonds is 7. The zero-order valence-corrected chi connectivity index (χ0v) is 17.8. The van der Waals surface area contributed by atoms with Crippen molar-refractivity contribution in [2.24, 2.45) is 5.92 Å². The van der Waals surface area contributed by atoms with Crippen molar-refractivity contribution in [3.63, 3.8) is 0 Å². The van der Waals surface area contributed by atoms with Crippen LogP contribution >= 0.6 is 23.2 Å². The van der Waals surface area contributed by atoms with Gasteiger partial charge in [0.1, 0.15) is 16.4 Å². The minimum absolute atomic E-state index is 0.00196. The number of nitrogens with one attached hydrogen (secondary N) is 2. The van der Waals surface area contributed by atoms with Crippen molar-refractivity contribution in [2.45, 2.75) is 24.2 Å². The van der Waals surface area contributed by atoms with Gasteiger partial charge in [0.15, 0.2) is 15.6 Å². The molecule has 9 nitrogen and oxygen atoms in total. The third kappa shape index (κ3) is 4.45. The van der Waals surface area contributed by atoms with Crippen molar-refractivity contribution in [1.82, 2.24) is 20.6 Å². The van der Waals surface area contributed by atoms with Crippen LogP contribution in [0.25, 0.3) is 0 Å². The number of aromatic amines is 1. The van der Waals surface area contributed by atoms with Crippen LogP contribution in [-0.2, 0) is 9.84 Å². The molecular formula is C18H17Cl2N5O4S. The third-order valence-electron chi connectivity index (χ3n) is 4.77. The van der Waals surface area contributed by atoms with Gasteiger partial charge in [-0.25, -0.2) is 8.42 Å². The number of H-pyrrole nitrogens is 1. The summed E-state index contributed by atoms with van der Waals surface area (Å²) >= 11 is 12.6. The molecule has 0 spiro atoms. The maximum atomic E-state index is 12.7. The smallest absolute Gasteiger partial charge is 0.267 e. The molecule has 1 aliphatic carbocycles. The first-order valence-electron chi connectivity index (χ1n) is 9.05. The van der Waals surface area contributed by atoms with E-state index in [0.29, 0.717) is 5.69 Å². The predicted molar refractivity (Wildman–Crippen MR) is 111 cm³/mol. The van der Waals surface area contributed by atoms with E-state index in [2.05, 4.69) is 25.9 Å². The van der Waals surface area contributed by atoms with Crippen molar-refractivity contribution < 1.29 is 18.3 Å². The van der Waals surface area contributed by atoms with Gasteiger partial charge in [0, 0.05) is 11.8 Å². The number of ether oxygens (including phenoxy) is 1. The van der Waals surface area contributed by atoms with E-state index in [1.807, 2.05) is 0 Å². The zero-order chi connectivity index (χ0) is 21.3. The first kappa shape index (κ1) is 20.7. The van der Waals surface area contributed by atoms with E-state index in [1.165, 1.54) is 18.2 Å². The van der Waals surface area contributed by atoms with Gasteiger partial charge < -0.3 is 15.2 Å². The van der Waals surface area contributed by atoms with E-state index < -0.39 is 9.84 Å². The van der Waals surface area contributed by atoms with Crippen LogP contribution in [-0.4, -0.2) is 39.9 Å². The molecule has 0 aliphatic heterocycles. The van der Waals surface area contributed by atoms with Crippen molar-refractivity contribution in [3.05, 3.63) is 40.4 Å². The molecule has 3 N–H and O–H groups in total. The second kappa shape index (κ2) is 8.29. The Hall–Kier alpha value is -2.56. The standard InChI is InChI=1S/C18H17Cl2N5O4S/c19-13-6-11(21-18-22-24-25-23-18)7-14(20)17(13)29-12-4-5-15(26)16(8-12)30(27,28)9-10-2-1-3-10/h4-8,10,26H,1-3,9H2,(H2,21,22,23,24,25). The number of benzene rings is 2. The fraction of sp³-hybridized carbons (Fsp3) is 0.278. The van der Waals surface area contributed by atoms with Crippen molar-refractivity contribution in [3.8, 4) is 17.2 Å². The zero-order valence-electron chi connectivity index (χ0n) is 15.5. The number of nitrogens with zero attached hydrogens (tertiary/aromatic N) is 3. The number of tetrazole rings is 1. The van der Waals surface area contributed by atoms with Crippen LogP contribution in [0.5, 0.6) is 17.2 Å². The molecule has 0 atom stereocenters. The van der Waals surface area contributed by atoms with E-state index in [4.69, 9.17) is 27.9 Å². The monoisotopic (exact) mass is 469 g/mol. The summed E-state index contributed by atoms with van der Waals surface area (Å²) in [5.74, 6) is 0.367. The molecule has 0 radical (unpaired) electrons. The first-order valence-corrected chi connectivity index (χ1v) is 11.5. The van der Waals surface area contributed by atoms with Gasteiger partial charge in [-0.2, -0.15) is 5.21 Å². The lowest BCUT2D eigenvalue weighted by Crippen LogP contribution is -2.22. The number of phenols is 1. The SMILES string of the molecule is O=S(=O)(CC1CCC1)c1cc(Oc2c(Cl)cc(Nc3nn[nH]n3)cc2Cl)ccc1O. The summed E-state index contributed by atoms with van der Waals surface area (Å²) in [5, 5.41) is 26.6. The lowest BCUT2D eigenvalue weighted by atomic mass is 9.87. The summed E-state index contributed by atoms with van der Waals surface area (Å²) in [6, 6.07) is 7.09. The molecule has 1 fully saturated rings. The number of halogens is 2. The highest BCUT2D eigenvalue weighted by molar-refractivity contribution is 7.91. The van der Waals surface area contributed by atoms with Gasteiger partial charge in [-0.1, -0.05) is 34.7 Å². The Morgan fingerprint density at radius 2 is 1.93 bits per heavy atom. The molecule has 1 heterocycles. The highest BCUT2D eigenvalue weighted by Crippen LogP contribution is 2.41. The van der Waals surface area contributed by atoms with E-state index in [9.17, 15) is 13.5 Å². The molecule has 0 saturated heterocycles. The second-order valence-electron chi connectivity index (χ2n) is 6.94. The molecule has 3 aromatic rings. The summed E-state index contributed by atoms with van der Waals surface area (Å²) in [7, 11) is -3.65. The number of hydrogen-bond acceptors (Lipinski definition) is 8. The van der Waals surface area contributed by atoms with Crippen LogP contribution in [0, 0.1) is 5.92 Å². The molecule has 0 bridgehead atoms. The molecule has 30 heavy (non-hydrogen) atoms. The number of phenolic OH excluding ortho intramolecular Hbond substituents is 1. The second-order valence-corrected chi connectivity index (χ2v) is 9.76. The highest BCUT2D eigenvalue weighted by Gasteiger charge is 2.28. The Labute approximate surface area is 182 Å². The Morgan fingerprint density at radius 3 is 2.53 bits per heavy atom. The number of hydrogen-bond donors (Lipinski definition) is 3. The van der Waals surface area contributed by atoms with Crippen LogP contribution in [0.2, 0.25) is 10.0 Å². The minimum atomic E-state index is -3.65. The van der Waals surface area contributed by atoms with Crippen LogP contribution in [0.3, 0.4) is 0 Å². The topological polar surface area (TPSA) is 130 Å². The summed E-state index contributed by atoms with van der Waals surface area (Å²) in [6.45, 7) is 0. The lowest BCUT2D eigenvalue weighted by Gasteiger charge is -2.25. The van der Waals surface area contributed by atoms with E-state index in [-0.39, 0.29) is 49.8 Å². The minimum Gasteiger partial charge on any atom is -0.507 e. The molecule has 158 valence electrons. The van der Waals surface area contributed by atoms with Gasteiger partial charge in [0.25, 0.3) is 5.95 Å². The van der Waals surface area contributed by atoms with E-state index in [0.717, 1.165) is 19.3 Å². The van der Waals surface area contributed by atoms with Crippen LogP contribution < -0.4 is 10.1 Å². The fourth-order valence-electron chi connectivity index (χ4n) is 3.06. The summed E-state index contributed by atoms with van der Waals surface area (Å²) < 4.78 is 31.1. The molecular weight excluding hydrogens is 453 g/mol. The molecule has 0 unspecified atom stereocenters. The maximum absolute atomic E-state index is 12.7. The lowest BCUT2D eigenvalue weighted by molar-refractivity contribution is 0.346. The van der Waals surface area contributed by atoms with Crippen molar-refractivity contribution >= 4 is 44.7 Å². The molecule has 1 saturated carbocycles.